The van der Waals surface area contributed by atoms with Gasteiger partial charge < -0.3 is 21.5 Å². The largest absolute Gasteiger partial charge is 0.396 e. The molecule has 0 unspecified atom stereocenters. The Balaban J connectivity index is 3.10. The molecule has 5 nitrogen and oxygen atoms in total. The third-order valence-electron chi connectivity index (χ3n) is 2.55. The number of primary amides is 1. The molecule has 94 valence electrons. The normalized spacial score (nSPS) is 10.2. The number of aliphatic hydroxyl groups excluding tert-OH is 1. The Morgan fingerprint density at radius 1 is 1.41 bits per heavy atom. The number of hydrogen-bond donors (Lipinski definition) is 3. The summed E-state index contributed by atoms with van der Waals surface area (Å²) in [7, 11) is 0. The predicted octanol–water partition coefficient (Wildman–Crippen LogP) is 0.576. The number of aliphatic hydroxyl groups is 1. The van der Waals surface area contributed by atoms with Gasteiger partial charge in [-0.3, -0.25) is 4.79 Å². The second-order valence-electron chi connectivity index (χ2n) is 3.81. The van der Waals surface area contributed by atoms with Gasteiger partial charge in [-0.05, 0) is 18.6 Å². The molecule has 1 amide bonds. The first kappa shape index (κ1) is 13.3. The van der Waals surface area contributed by atoms with Crippen LogP contribution < -0.4 is 16.4 Å². The maximum Gasteiger partial charge on any atom is 0.250 e. The van der Waals surface area contributed by atoms with E-state index in [1.165, 1.54) is 0 Å². The lowest BCUT2D eigenvalue weighted by Gasteiger charge is -2.25. The first-order chi connectivity index (χ1) is 8.11. The Bertz CT molecular complexity index is 387. The molecule has 17 heavy (non-hydrogen) atoms. The summed E-state index contributed by atoms with van der Waals surface area (Å²) in [5.41, 5.74) is 12.6. The second kappa shape index (κ2) is 6.10. The van der Waals surface area contributed by atoms with Crippen LogP contribution in [0.4, 0.5) is 11.4 Å². The molecule has 0 aromatic heterocycles. The molecule has 0 aliphatic rings. The summed E-state index contributed by atoms with van der Waals surface area (Å²) in [6.45, 7) is 3.34. The number of para-hydroxylation sites is 1. The van der Waals surface area contributed by atoms with Crippen LogP contribution in [0.15, 0.2) is 18.2 Å². The zero-order valence-corrected chi connectivity index (χ0v) is 10.0. The van der Waals surface area contributed by atoms with Crippen LogP contribution in [-0.4, -0.2) is 30.7 Å². The average molecular weight is 237 g/mol. The summed E-state index contributed by atoms with van der Waals surface area (Å²) in [5.74, 6) is -0.537. The minimum Gasteiger partial charge on any atom is -0.396 e. The van der Waals surface area contributed by atoms with Gasteiger partial charge in [0.2, 0.25) is 0 Å². The van der Waals surface area contributed by atoms with Crippen LogP contribution in [0.25, 0.3) is 0 Å². The van der Waals surface area contributed by atoms with E-state index in [-0.39, 0.29) is 6.61 Å². The average Bonchev–Trinajstić information content (AvgIpc) is 2.29. The first-order valence-corrected chi connectivity index (χ1v) is 5.65. The van der Waals surface area contributed by atoms with Crippen molar-refractivity contribution in [1.82, 2.24) is 0 Å². The van der Waals surface area contributed by atoms with Crippen molar-refractivity contribution in [3.63, 3.8) is 0 Å². The molecule has 0 heterocycles. The van der Waals surface area contributed by atoms with Gasteiger partial charge in [0.05, 0.1) is 23.5 Å². The van der Waals surface area contributed by atoms with Gasteiger partial charge in [0.1, 0.15) is 0 Å². The van der Waals surface area contributed by atoms with Crippen molar-refractivity contribution in [2.45, 2.75) is 13.3 Å². The molecular formula is C12H19N3O2. The molecule has 0 spiro atoms. The van der Waals surface area contributed by atoms with Gasteiger partial charge in [0, 0.05) is 13.1 Å². The fourth-order valence-corrected chi connectivity index (χ4v) is 1.79. The number of benzene rings is 1. The smallest absolute Gasteiger partial charge is 0.250 e. The molecule has 0 saturated carbocycles. The first-order valence-electron chi connectivity index (χ1n) is 5.65. The highest BCUT2D eigenvalue weighted by atomic mass is 16.3. The number of carbonyl (C=O) groups excluding carboxylic acids is 1. The van der Waals surface area contributed by atoms with Crippen molar-refractivity contribution in [3.05, 3.63) is 23.8 Å². The summed E-state index contributed by atoms with van der Waals surface area (Å²) in [5, 5.41) is 9.02. The Labute approximate surface area is 101 Å². The molecule has 0 atom stereocenters. The van der Waals surface area contributed by atoms with Crippen LogP contribution in [0.3, 0.4) is 0 Å². The molecule has 0 aliphatic carbocycles. The summed E-state index contributed by atoms with van der Waals surface area (Å²) in [6.07, 6.45) is 0.931. The van der Waals surface area contributed by atoms with E-state index in [1.807, 2.05) is 17.9 Å². The summed E-state index contributed by atoms with van der Waals surface area (Å²) < 4.78 is 0. The maximum absolute atomic E-state index is 11.2. The fourth-order valence-electron chi connectivity index (χ4n) is 1.79. The third kappa shape index (κ3) is 3.10. The number of nitrogen functional groups attached to an aromatic ring is 1. The van der Waals surface area contributed by atoms with E-state index in [4.69, 9.17) is 16.6 Å². The molecule has 0 saturated heterocycles. The van der Waals surface area contributed by atoms with E-state index in [2.05, 4.69) is 0 Å². The van der Waals surface area contributed by atoms with Gasteiger partial charge in [0.15, 0.2) is 0 Å². The number of hydrogen-bond acceptors (Lipinski definition) is 4. The molecule has 0 bridgehead atoms. The van der Waals surface area contributed by atoms with E-state index in [0.29, 0.717) is 17.8 Å². The summed E-state index contributed by atoms with van der Waals surface area (Å²) >= 11 is 0. The summed E-state index contributed by atoms with van der Waals surface area (Å²) in [6, 6.07) is 5.17. The van der Waals surface area contributed by atoms with Crippen LogP contribution in [0.1, 0.15) is 23.7 Å². The number of carbonyl (C=O) groups is 1. The van der Waals surface area contributed by atoms with Gasteiger partial charge in [-0.25, -0.2) is 0 Å². The van der Waals surface area contributed by atoms with Crippen molar-refractivity contribution < 1.29 is 9.90 Å². The number of nitrogens with two attached hydrogens (primary N) is 2. The van der Waals surface area contributed by atoms with E-state index in [0.717, 1.165) is 18.7 Å². The number of amides is 1. The molecule has 1 rings (SSSR count). The van der Waals surface area contributed by atoms with Crippen LogP contribution >= 0.6 is 0 Å². The van der Waals surface area contributed by atoms with E-state index >= 15 is 0 Å². The van der Waals surface area contributed by atoms with E-state index in [9.17, 15) is 4.79 Å². The molecule has 1 aromatic rings. The molecule has 5 heteroatoms. The maximum atomic E-state index is 11.2. The van der Waals surface area contributed by atoms with Crippen molar-refractivity contribution in [1.29, 1.82) is 0 Å². The number of rotatable bonds is 6. The molecule has 0 fully saturated rings. The third-order valence-corrected chi connectivity index (χ3v) is 2.55. The highest BCUT2D eigenvalue weighted by molar-refractivity contribution is 6.00. The van der Waals surface area contributed by atoms with Gasteiger partial charge in [-0.15, -0.1) is 0 Å². The standard InChI is InChI=1S/C12H19N3O2/c1-2-6-15(7-8-16)10-5-3-4-9(11(10)13)12(14)17/h3-5,16H,2,6-8,13H2,1H3,(H2,14,17). The van der Waals surface area contributed by atoms with Crippen molar-refractivity contribution in [2.24, 2.45) is 5.73 Å². The lowest BCUT2D eigenvalue weighted by atomic mass is 10.1. The molecule has 1 aromatic carbocycles. The van der Waals surface area contributed by atoms with Gasteiger partial charge in [-0.2, -0.15) is 0 Å². The van der Waals surface area contributed by atoms with Crippen molar-refractivity contribution >= 4 is 17.3 Å². The summed E-state index contributed by atoms with van der Waals surface area (Å²) in [4.78, 5) is 13.1. The molecule has 5 N–H and O–H groups in total. The van der Waals surface area contributed by atoms with Crippen LogP contribution in [-0.2, 0) is 0 Å². The van der Waals surface area contributed by atoms with E-state index in [1.54, 1.807) is 12.1 Å². The minimum atomic E-state index is -0.537. The van der Waals surface area contributed by atoms with Gasteiger partial charge >= 0.3 is 0 Å². The lowest BCUT2D eigenvalue weighted by molar-refractivity contribution is 0.100. The Hall–Kier alpha value is -1.75. The Morgan fingerprint density at radius 3 is 2.65 bits per heavy atom. The van der Waals surface area contributed by atoms with Crippen LogP contribution in [0, 0.1) is 0 Å². The van der Waals surface area contributed by atoms with Gasteiger partial charge in [-0.1, -0.05) is 13.0 Å². The number of anilines is 2. The zero-order chi connectivity index (χ0) is 12.8. The van der Waals surface area contributed by atoms with Crippen LogP contribution in [0.2, 0.25) is 0 Å². The minimum absolute atomic E-state index is 0.0419. The quantitative estimate of drug-likeness (QED) is 0.631. The Morgan fingerprint density at radius 2 is 2.12 bits per heavy atom. The van der Waals surface area contributed by atoms with Crippen LogP contribution in [0.5, 0.6) is 0 Å². The number of nitrogens with zero attached hydrogens (tertiary/aromatic N) is 1. The highest BCUT2D eigenvalue weighted by Crippen LogP contribution is 2.26. The molecule has 0 aliphatic heterocycles. The topological polar surface area (TPSA) is 92.6 Å². The predicted molar refractivity (Wildman–Crippen MR) is 69.0 cm³/mol. The second-order valence-corrected chi connectivity index (χ2v) is 3.81. The Kier molecular flexibility index (Phi) is 4.78. The van der Waals surface area contributed by atoms with Crippen molar-refractivity contribution in [3.8, 4) is 0 Å². The molecule has 0 radical (unpaired) electrons. The fraction of sp³-hybridized carbons (Fsp3) is 0.417. The van der Waals surface area contributed by atoms with Gasteiger partial charge in [0.25, 0.3) is 5.91 Å². The molecular weight excluding hydrogens is 218 g/mol. The lowest BCUT2D eigenvalue weighted by Crippen LogP contribution is -2.29. The zero-order valence-electron chi connectivity index (χ0n) is 10.0. The van der Waals surface area contributed by atoms with Crippen molar-refractivity contribution in [2.75, 3.05) is 30.3 Å². The highest BCUT2D eigenvalue weighted by Gasteiger charge is 2.13. The monoisotopic (exact) mass is 237 g/mol. The van der Waals surface area contributed by atoms with E-state index < -0.39 is 5.91 Å². The SMILES string of the molecule is CCCN(CCO)c1cccc(C(N)=O)c1N.